The van der Waals surface area contributed by atoms with Crippen LogP contribution < -0.4 is 10.1 Å². The van der Waals surface area contributed by atoms with Crippen molar-refractivity contribution in [3.63, 3.8) is 0 Å². The van der Waals surface area contributed by atoms with Gasteiger partial charge in [-0.25, -0.2) is 4.79 Å². The highest BCUT2D eigenvalue weighted by Gasteiger charge is 2.30. The van der Waals surface area contributed by atoms with E-state index in [1.165, 1.54) is 0 Å². The molecule has 1 saturated heterocycles. The van der Waals surface area contributed by atoms with E-state index in [9.17, 15) is 14.9 Å². The van der Waals surface area contributed by atoms with E-state index in [1.54, 1.807) is 18.7 Å². The average molecular weight is 458 g/mol. The highest BCUT2D eigenvalue weighted by atomic mass is 16.6. The fourth-order valence-corrected chi connectivity index (χ4v) is 3.69. The molecule has 10 nitrogen and oxygen atoms in total. The summed E-state index contributed by atoms with van der Waals surface area (Å²) in [5.74, 6) is 0.378. The fraction of sp³-hybridized carbons (Fsp3) is 0.522. The van der Waals surface area contributed by atoms with Gasteiger partial charge < -0.3 is 19.7 Å². The molecule has 1 unspecified atom stereocenters. The third kappa shape index (κ3) is 6.30. The molecule has 178 valence electrons. The Hall–Kier alpha value is -3.43. The number of hydrogen-bond acceptors (Lipinski definition) is 8. The SMILES string of the molecule is CCOc1nc(C)c([N+](=O)[O-])c(NCc2ccc(C3CCN(C(=O)OC(C)(C)C)C3)cc2)n1. The van der Waals surface area contributed by atoms with Crippen LogP contribution in [0.2, 0.25) is 0 Å². The van der Waals surface area contributed by atoms with Crippen molar-refractivity contribution in [2.75, 3.05) is 25.0 Å². The molecule has 2 heterocycles. The Morgan fingerprint density at radius 2 is 1.97 bits per heavy atom. The summed E-state index contributed by atoms with van der Waals surface area (Å²) in [4.78, 5) is 33.2. The lowest BCUT2D eigenvalue weighted by Crippen LogP contribution is -2.35. The number of amides is 1. The zero-order chi connectivity index (χ0) is 24.2. The molecule has 1 atom stereocenters. The molecule has 1 aliphatic rings. The average Bonchev–Trinajstić information content (AvgIpc) is 3.21. The topological polar surface area (TPSA) is 120 Å². The van der Waals surface area contributed by atoms with Gasteiger partial charge in [0.25, 0.3) is 0 Å². The van der Waals surface area contributed by atoms with E-state index in [-0.39, 0.29) is 35.2 Å². The van der Waals surface area contributed by atoms with Crippen LogP contribution in [0.15, 0.2) is 24.3 Å². The summed E-state index contributed by atoms with van der Waals surface area (Å²) in [6.07, 6.45) is 0.600. The number of nitro groups is 1. The third-order valence-electron chi connectivity index (χ3n) is 5.24. The molecule has 1 fully saturated rings. The van der Waals surface area contributed by atoms with E-state index in [4.69, 9.17) is 9.47 Å². The van der Waals surface area contributed by atoms with Gasteiger partial charge in [-0.1, -0.05) is 24.3 Å². The minimum atomic E-state index is -0.509. The molecule has 0 spiro atoms. The second-order valence-electron chi connectivity index (χ2n) is 8.99. The van der Waals surface area contributed by atoms with Gasteiger partial charge in [-0.05, 0) is 52.2 Å². The van der Waals surface area contributed by atoms with Crippen molar-refractivity contribution in [2.45, 2.75) is 59.1 Å². The van der Waals surface area contributed by atoms with E-state index in [0.29, 0.717) is 26.2 Å². The van der Waals surface area contributed by atoms with Gasteiger partial charge in [0.1, 0.15) is 11.3 Å². The summed E-state index contributed by atoms with van der Waals surface area (Å²) in [5.41, 5.74) is 1.66. The molecule has 1 aromatic heterocycles. The predicted molar refractivity (Wildman–Crippen MR) is 124 cm³/mol. The first-order valence-corrected chi connectivity index (χ1v) is 11.0. The van der Waals surface area contributed by atoms with Crippen molar-refractivity contribution in [1.29, 1.82) is 0 Å². The zero-order valence-corrected chi connectivity index (χ0v) is 19.8. The largest absolute Gasteiger partial charge is 0.464 e. The Morgan fingerprint density at radius 1 is 1.27 bits per heavy atom. The van der Waals surface area contributed by atoms with Gasteiger partial charge in [-0.2, -0.15) is 9.97 Å². The number of carbonyl (C=O) groups excluding carboxylic acids is 1. The number of hydrogen-bond donors (Lipinski definition) is 1. The summed E-state index contributed by atoms with van der Waals surface area (Å²) in [6.45, 7) is 11.0. The van der Waals surface area contributed by atoms with Crippen LogP contribution in [-0.4, -0.2) is 51.2 Å². The second kappa shape index (κ2) is 10.0. The second-order valence-corrected chi connectivity index (χ2v) is 8.99. The number of benzene rings is 1. The van der Waals surface area contributed by atoms with Crippen molar-refractivity contribution in [2.24, 2.45) is 0 Å². The van der Waals surface area contributed by atoms with Crippen molar-refractivity contribution in [3.05, 3.63) is 51.2 Å². The molecule has 0 aliphatic carbocycles. The highest BCUT2D eigenvalue weighted by Crippen LogP contribution is 2.30. The molecular formula is C23H31N5O5. The number of nitrogens with one attached hydrogen (secondary N) is 1. The first-order chi connectivity index (χ1) is 15.6. The Bertz CT molecular complexity index is 1000. The molecule has 1 aromatic carbocycles. The molecule has 3 rings (SSSR count). The molecule has 1 N–H and O–H groups in total. The van der Waals surface area contributed by atoms with Crippen LogP contribution in [0, 0.1) is 17.0 Å². The summed E-state index contributed by atoms with van der Waals surface area (Å²) >= 11 is 0. The standard InChI is InChI=1S/C23H31N5O5/c1-6-32-21-25-15(2)19(28(30)31)20(26-21)24-13-16-7-9-17(10-8-16)18-11-12-27(14-18)22(29)33-23(3,4)5/h7-10,18H,6,11-14H2,1-5H3,(H,24,25,26). The van der Waals surface area contributed by atoms with Crippen molar-refractivity contribution < 1.29 is 19.2 Å². The van der Waals surface area contributed by atoms with Crippen LogP contribution in [-0.2, 0) is 11.3 Å². The first-order valence-electron chi connectivity index (χ1n) is 11.0. The molecular weight excluding hydrogens is 426 g/mol. The number of rotatable bonds is 7. The predicted octanol–water partition coefficient (Wildman–Crippen LogP) is 4.43. The minimum absolute atomic E-state index is 0.106. The fourth-order valence-electron chi connectivity index (χ4n) is 3.69. The van der Waals surface area contributed by atoms with Gasteiger partial charge >= 0.3 is 17.8 Å². The molecule has 10 heteroatoms. The van der Waals surface area contributed by atoms with E-state index < -0.39 is 10.5 Å². The van der Waals surface area contributed by atoms with E-state index in [0.717, 1.165) is 17.5 Å². The van der Waals surface area contributed by atoms with Gasteiger partial charge in [0, 0.05) is 25.6 Å². The number of carbonyl (C=O) groups is 1. The smallest absolute Gasteiger partial charge is 0.410 e. The van der Waals surface area contributed by atoms with Crippen molar-refractivity contribution in [3.8, 4) is 6.01 Å². The summed E-state index contributed by atoms with van der Waals surface area (Å²) < 4.78 is 10.8. The van der Waals surface area contributed by atoms with E-state index >= 15 is 0 Å². The molecule has 1 amide bonds. The maximum absolute atomic E-state index is 12.3. The van der Waals surface area contributed by atoms with Gasteiger partial charge in [-0.3, -0.25) is 10.1 Å². The third-order valence-corrected chi connectivity index (χ3v) is 5.24. The molecule has 1 aliphatic heterocycles. The summed E-state index contributed by atoms with van der Waals surface area (Å²) in [5, 5.41) is 14.5. The number of nitrogens with zero attached hydrogens (tertiary/aromatic N) is 4. The highest BCUT2D eigenvalue weighted by molar-refractivity contribution is 5.68. The molecule has 0 bridgehead atoms. The number of aromatic nitrogens is 2. The van der Waals surface area contributed by atoms with Crippen LogP contribution in [0.4, 0.5) is 16.3 Å². The minimum Gasteiger partial charge on any atom is -0.464 e. The monoisotopic (exact) mass is 457 g/mol. The van der Waals surface area contributed by atoms with Crippen LogP contribution in [0.25, 0.3) is 0 Å². The van der Waals surface area contributed by atoms with Gasteiger partial charge in [-0.15, -0.1) is 0 Å². The normalized spacial score (nSPS) is 15.9. The lowest BCUT2D eigenvalue weighted by Gasteiger charge is -2.24. The Labute approximate surface area is 193 Å². The Kier molecular flexibility index (Phi) is 7.35. The van der Waals surface area contributed by atoms with E-state index in [2.05, 4.69) is 15.3 Å². The van der Waals surface area contributed by atoms with Crippen LogP contribution in [0.3, 0.4) is 0 Å². The van der Waals surface area contributed by atoms with Crippen molar-refractivity contribution >= 4 is 17.6 Å². The molecule has 33 heavy (non-hydrogen) atoms. The molecule has 0 saturated carbocycles. The van der Waals surface area contributed by atoms with Crippen LogP contribution in [0.1, 0.15) is 56.9 Å². The number of likely N-dealkylation sites (tertiary alicyclic amines) is 1. The van der Waals surface area contributed by atoms with E-state index in [1.807, 2.05) is 45.0 Å². The van der Waals surface area contributed by atoms with Crippen LogP contribution in [0.5, 0.6) is 6.01 Å². The first kappa shape index (κ1) is 24.2. The summed E-state index contributed by atoms with van der Waals surface area (Å²) in [6, 6.07) is 8.12. The summed E-state index contributed by atoms with van der Waals surface area (Å²) in [7, 11) is 0. The maximum atomic E-state index is 12.3. The van der Waals surface area contributed by atoms with Gasteiger partial charge in [0.15, 0.2) is 0 Å². The van der Waals surface area contributed by atoms with Crippen molar-refractivity contribution in [1.82, 2.24) is 14.9 Å². The van der Waals surface area contributed by atoms with Gasteiger partial charge in [0.2, 0.25) is 5.82 Å². The lowest BCUT2D eigenvalue weighted by molar-refractivity contribution is -0.385. The number of ether oxygens (including phenoxy) is 2. The Balaban J connectivity index is 1.64. The number of aryl methyl sites for hydroxylation is 1. The number of anilines is 1. The Morgan fingerprint density at radius 3 is 2.58 bits per heavy atom. The maximum Gasteiger partial charge on any atom is 0.410 e. The molecule has 2 aromatic rings. The molecule has 0 radical (unpaired) electrons. The van der Waals surface area contributed by atoms with Crippen LogP contribution >= 0.6 is 0 Å². The van der Waals surface area contributed by atoms with Gasteiger partial charge in [0.05, 0.1) is 11.5 Å². The zero-order valence-electron chi connectivity index (χ0n) is 19.8. The lowest BCUT2D eigenvalue weighted by atomic mass is 9.97. The quantitative estimate of drug-likeness (QED) is 0.479.